The summed E-state index contributed by atoms with van der Waals surface area (Å²) in [5, 5.41) is 10.0. The van der Waals surface area contributed by atoms with Gasteiger partial charge in [-0.3, -0.25) is 0 Å². The molecule has 108 valence electrons. The average Bonchev–Trinajstić information content (AvgIpc) is 2.29. The molecular formula is C15H25ClO2Si. The van der Waals surface area contributed by atoms with Gasteiger partial charge in [-0.2, -0.15) is 0 Å². The van der Waals surface area contributed by atoms with Gasteiger partial charge in [0.2, 0.25) is 0 Å². The molecule has 2 nitrogen and oxygen atoms in total. The van der Waals surface area contributed by atoms with Crippen LogP contribution < -0.4 is 0 Å². The molecule has 0 aromatic heterocycles. The highest BCUT2D eigenvalue weighted by Crippen LogP contribution is 2.34. The van der Waals surface area contributed by atoms with Gasteiger partial charge in [-0.05, 0) is 36.9 Å². The first kappa shape index (κ1) is 16.7. The van der Waals surface area contributed by atoms with Crippen LogP contribution in [0.1, 0.15) is 45.7 Å². The molecule has 4 heteroatoms. The Labute approximate surface area is 124 Å². The number of halogens is 1. The maximum atomic E-state index is 9.04. The summed E-state index contributed by atoms with van der Waals surface area (Å²) in [4.78, 5) is 0. The number of benzene rings is 1. The molecule has 0 unspecified atom stereocenters. The second-order valence-corrected chi connectivity index (χ2v) is 9.75. The number of aliphatic hydroxyl groups excluding tert-OH is 1. The summed E-state index contributed by atoms with van der Waals surface area (Å²) >= 11 is 6.30. The average molecular weight is 301 g/mol. The lowest BCUT2D eigenvalue weighted by molar-refractivity contribution is 0.109. The summed E-state index contributed by atoms with van der Waals surface area (Å²) in [6.45, 7) is 10.9. The molecule has 0 bridgehead atoms. The van der Waals surface area contributed by atoms with Gasteiger partial charge in [0.15, 0.2) is 9.76 Å². The van der Waals surface area contributed by atoms with E-state index < -0.39 is 9.76 Å². The Hall–Kier alpha value is -0.353. The van der Waals surface area contributed by atoms with E-state index in [9.17, 15) is 0 Å². The maximum absolute atomic E-state index is 9.04. The molecule has 0 spiro atoms. The van der Waals surface area contributed by atoms with Gasteiger partial charge in [0.25, 0.3) is 0 Å². The van der Waals surface area contributed by atoms with Crippen molar-refractivity contribution in [3.8, 4) is 0 Å². The number of aliphatic hydroxyl groups is 1. The molecule has 0 aliphatic carbocycles. The van der Waals surface area contributed by atoms with Crippen molar-refractivity contribution in [2.75, 3.05) is 6.61 Å². The zero-order chi connectivity index (χ0) is 14.7. The zero-order valence-electron chi connectivity index (χ0n) is 12.6. The largest absolute Gasteiger partial charge is 0.414 e. The van der Waals surface area contributed by atoms with Crippen LogP contribution in [0.5, 0.6) is 0 Å². The molecule has 0 aliphatic heterocycles. The third-order valence-corrected chi connectivity index (χ3v) is 5.01. The van der Waals surface area contributed by atoms with E-state index in [1.165, 1.54) is 0 Å². The Bertz CT molecular complexity index is 425. The van der Waals surface area contributed by atoms with Gasteiger partial charge in [-0.25, -0.2) is 0 Å². The zero-order valence-corrected chi connectivity index (χ0v) is 14.8. The molecule has 0 amide bonds. The Kier molecular flexibility index (Phi) is 5.62. The van der Waals surface area contributed by atoms with Gasteiger partial charge in [0.05, 0.1) is 5.60 Å². The van der Waals surface area contributed by atoms with E-state index in [4.69, 9.17) is 21.1 Å². The summed E-state index contributed by atoms with van der Waals surface area (Å²) in [6, 6.07) is 5.90. The molecule has 0 atom stereocenters. The summed E-state index contributed by atoms with van der Waals surface area (Å²) in [5.41, 5.74) is 1.73. The first-order chi connectivity index (χ1) is 8.65. The van der Waals surface area contributed by atoms with E-state index in [0.717, 1.165) is 16.1 Å². The summed E-state index contributed by atoms with van der Waals surface area (Å²) in [6.07, 6.45) is 0.650. The third kappa shape index (κ3) is 5.26. The molecule has 0 heterocycles. The monoisotopic (exact) mass is 300 g/mol. The van der Waals surface area contributed by atoms with E-state index in [1.807, 2.05) is 12.1 Å². The molecule has 0 fully saturated rings. The summed E-state index contributed by atoms with van der Waals surface area (Å²) in [7, 11) is -0.646. The fourth-order valence-electron chi connectivity index (χ4n) is 1.79. The smallest absolute Gasteiger partial charge is 0.168 e. The van der Waals surface area contributed by atoms with E-state index in [2.05, 4.69) is 40.7 Å². The number of hydrogen-bond donors (Lipinski definition) is 1. The minimum Gasteiger partial charge on any atom is -0.414 e. The van der Waals surface area contributed by atoms with Gasteiger partial charge in [0.1, 0.15) is 0 Å². The van der Waals surface area contributed by atoms with Crippen molar-refractivity contribution in [3.63, 3.8) is 0 Å². The second kappa shape index (κ2) is 6.40. The van der Waals surface area contributed by atoms with E-state index in [1.54, 1.807) is 0 Å². The lowest BCUT2D eigenvalue weighted by atomic mass is 9.96. The van der Waals surface area contributed by atoms with Crippen LogP contribution in [0.4, 0.5) is 0 Å². The Balaban J connectivity index is 2.95. The molecule has 1 rings (SSSR count). The highest BCUT2D eigenvalue weighted by molar-refractivity contribution is 6.32. The van der Waals surface area contributed by atoms with Crippen LogP contribution in [-0.2, 0) is 16.4 Å². The summed E-state index contributed by atoms with van der Waals surface area (Å²) < 4.78 is 6.19. The van der Waals surface area contributed by atoms with E-state index in [-0.39, 0.29) is 17.2 Å². The molecule has 19 heavy (non-hydrogen) atoms. The van der Waals surface area contributed by atoms with Gasteiger partial charge in [-0.1, -0.05) is 44.5 Å². The summed E-state index contributed by atoms with van der Waals surface area (Å²) in [5.74, 6) is 0. The minimum absolute atomic E-state index is 0.152. The van der Waals surface area contributed by atoms with Gasteiger partial charge in [-0.15, -0.1) is 0 Å². The molecule has 1 aromatic carbocycles. The molecule has 0 radical (unpaired) electrons. The lowest BCUT2D eigenvalue weighted by Crippen LogP contribution is -2.28. The first-order valence-electron chi connectivity index (χ1n) is 6.69. The van der Waals surface area contributed by atoms with Gasteiger partial charge >= 0.3 is 0 Å². The highest BCUT2D eigenvalue weighted by Gasteiger charge is 2.26. The van der Waals surface area contributed by atoms with Crippen LogP contribution in [0.3, 0.4) is 0 Å². The quantitative estimate of drug-likeness (QED) is 0.844. The predicted molar refractivity (Wildman–Crippen MR) is 84.6 cm³/mol. The fourth-order valence-corrected chi connectivity index (χ4v) is 3.09. The van der Waals surface area contributed by atoms with Crippen LogP contribution >= 0.6 is 11.6 Å². The fraction of sp³-hybridized carbons (Fsp3) is 0.600. The number of hydrogen-bond acceptors (Lipinski definition) is 2. The normalized spacial score (nSPS) is 13.4. The van der Waals surface area contributed by atoms with E-state index in [0.29, 0.717) is 6.42 Å². The van der Waals surface area contributed by atoms with Gasteiger partial charge < -0.3 is 9.53 Å². The molecular weight excluding hydrogens is 276 g/mol. The van der Waals surface area contributed by atoms with Gasteiger partial charge in [0, 0.05) is 17.2 Å². The van der Waals surface area contributed by atoms with Crippen molar-refractivity contribution in [3.05, 3.63) is 34.3 Å². The minimum atomic E-state index is -0.646. The van der Waals surface area contributed by atoms with Crippen LogP contribution in [0, 0.1) is 0 Å². The first-order valence-corrected chi connectivity index (χ1v) is 8.36. The standard InChI is InChI=1S/C15H25ClO2Si/c1-14(2,3)19-18-15(4,5)12-10-11(8-9-17)6-7-13(12)16/h6-7,10,17H,8-9,19H2,1-5H3. The van der Waals surface area contributed by atoms with Crippen LogP contribution in [-0.4, -0.2) is 21.5 Å². The molecule has 0 aliphatic rings. The molecule has 0 saturated carbocycles. The SMILES string of the molecule is CC(C)(C)[SiH2]OC(C)(C)c1cc(CCO)ccc1Cl. The molecule has 1 N–H and O–H groups in total. The number of rotatable bonds is 5. The van der Waals surface area contributed by atoms with Crippen LogP contribution in [0.25, 0.3) is 0 Å². The molecule has 0 saturated heterocycles. The van der Waals surface area contributed by atoms with Crippen molar-refractivity contribution >= 4 is 21.4 Å². The Morgan fingerprint density at radius 1 is 1.21 bits per heavy atom. The van der Waals surface area contributed by atoms with Crippen LogP contribution in [0.15, 0.2) is 18.2 Å². The topological polar surface area (TPSA) is 29.5 Å². The Morgan fingerprint density at radius 2 is 1.84 bits per heavy atom. The Morgan fingerprint density at radius 3 is 2.37 bits per heavy atom. The second-order valence-electron chi connectivity index (χ2n) is 6.65. The van der Waals surface area contributed by atoms with Crippen molar-refractivity contribution in [2.45, 2.75) is 51.7 Å². The highest BCUT2D eigenvalue weighted by atomic mass is 35.5. The van der Waals surface area contributed by atoms with Crippen LogP contribution in [0.2, 0.25) is 10.1 Å². The molecule has 1 aromatic rings. The van der Waals surface area contributed by atoms with Crippen molar-refractivity contribution in [1.29, 1.82) is 0 Å². The third-order valence-electron chi connectivity index (χ3n) is 2.95. The maximum Gasteiger partial charge on any atom is 0.168 e. The van der Waals surface area contributed by atoms with Crippen molar-refractivity contribution < 1.29 is 9.53 Å². The van der Waals surface area contributed by atoms with Crippen molar-refractivity contribution in [1.82, 2.24) is 0 Å². The van der Waals surface area contributed by atoms with E-state index >= 15 is 0 Å². The van der Waals surface area contributed by atoms with Crippen molar-refractivity contribution in [2.24, 2.45) is 0 Å². The lowest BCUT2D eigenvalue weighted by Gasteiger charge is -2.31. The predicted octanol–water partition coefficient (Wildman–Crippen LogP) is 3.43.